The fourth-order valence-corrected chi connectivity index (χ4v) is 4.71. The third-order valence-corrected chi connectivity index (χ3v) is 6.72. The molecule has 184 valence electrons. The van der Waals surface area contributed by atoms with Crippen LogP contribution in [0.25, 0.3) is 17.2 Å². The molecule has 0 atom stereocenters. The number of methoxy groups -OCH3 is 1. The van der Waals surface area contributed by atoms with Crippen LogP contribution in [-0.2, 0) is 16.1 Å². The highest BCUT2D eigenvalue weighted by atomic mass is 127. The van der Waals surface area contributed by atoms with Crippen molar-refractivity contribution in [1.29, 1.82) is 0 Å². The quantitative estimate of drug-likeness (QED) is 0.128. The predicted octanol–water partition coefficient (Wildman–Crippen LogP) is 7.20. The summed E-state index contributed by atoms with van der Waals surface area (Å²) in [4.78, 5) is 17.0. The van der Waals surface area contributed by atoms with Crippen molar-refractivity contribution in [3.8, 4) is 22.6 Å². The number of rotatable bonds is 7. The van der Waals surface area contributed by atoms with E-state index in [9.17, 15) is 4.79 Å². The standard InChI is InChI=1S/C31H24INO4/c1-20-8-10-21(11-9-20)19-36-29-26(32)16-22(18-28(29)35-2)17-27-31(34)37-30(33-27)25-14-12-24(13-15-25)23-6-4-3-5-7-23/h3-18H,19H2,1-2H3/b27-17-. The number of nitrogens with zero attached hydrogens (tertiary/aromatic N) is 1. The molecule has 0 saturated carbocycles. The SMILES string of the molecule is COc1cc(/C=C2\N=C(c3ccc(-c4ccccc4)cc3)OC2=O)cc(I)c1OCc1ccc(C)cc1. The molecule has 0 amide bonds. The van der Waals surface area contributed by atoms with E-state index in [-0.39, 0.29) is 11.6 Å². The number of cyclic esters (lactones) is 1. The second-order valence-electron chi connectivity index (χ2n) is 8.59. The third-order valence-electron chi connectivity index (χ3n) is 5.92. The first kappa shape index (κ1) is 24.8. The smallest absolute Gasteiger partial charge is 0.363 e. The van der Waals surface area contributed by atoms with Gasteiger partial charge in [0.15, 0.2) is 17.2 Å². The Morgan fingerprint density at radius 3 is 2.27 bits per heavy atom. The average Bonchev–Trinajstić information content (AvgIpc) is 3.29. The molecule has 0 unspecified atom stereocenters. The molecular formula is C31H24INO4. The maximum Gasteiger partial charge on any atom is 0.363 e. The van der Waals surface area contributed by atoms with Gasteiger partial charge in [-0.1, -0.05) is 72.3 Å². The fourth-order valence-electron chi connectivity index (χ4n) is 3.93. The van der Waals surface area contributed by atoms with E-state index in [1.54, 1.807) is 13.2 Å². The molecule has 4 aromatic carbocycles. The van der Waals surface area contributed by atoms with Gasteiger partial charge in [0.2, 0.25) is 5.90 Å². The van der Waals surface area contributed by atoms with Gasteiger partial charge in [0.1, 0.15) is 6.61 Å². The van der Waals surface area contributed by atoms with Crippen molar-refractivity contribution in [2.24, 2.45) is 4.99 Å². The zero-order valence-corrected chi connectivity index (χ0v) is 22.6. The lowest BCUT2D eigenvalue weighted by Gasteiger charge is -2.14. The molecule has 0 saturated heterocycles. The number of hydrogen-bond acceptors (Lipinski definition) is 5. The van der Waals surface area contributed by atoms with Crippen LogP contribution in [0.15, 0.2) is 102 Å². The first-order valence-corrected chi connectivity index (χ1v) is 12.8. The van der Waals surface area contributed by atoms with Gasteiger partial charge in [-0.3, -0.25) is 0 Å². The Morgan fingerprint density at radius 1 is 0.892 bits per heavy atom. The Kier molecular flexibility index (Phi) is 7.37. The number of esters is 1. The maximum atomic E-state index is 12.6. The van der Waals surface area contributed by atoms with E-state index in [1.807, 2.05) is 66.7 Å². The monoisotopic (exact) mass is 601 g/mol. The Balaban J connectivity index is 1.36. The summed E-state index contributed by atoms with van der Waals surface area (Å²) in [6, 6.07) is 29.9. The lowest BCUT2D eigenvalue weighted by molar-refractivity contribution is -0.129. The van der Waals surface area contributed by atoms with E-state index >= 15 is 0 Å². The number of aliphatic imine (C=N–C) groups is 1. The summed E-state index contributed by atoms with van der Waals surface area (Å²) in [5, 5.41) is 0. The lowest BCUT2D eigenvalue weighted by atomic mass is 10.0. The first-order valence-electron chi connectivity index (χ1n) is 11.7. The molecule has 5 rings (SSSR count). The van der Waals surface area contributed by atoms with E-state index < -0.39 is 5.97 Å². The molecule has 6 heteroatoms. The topological polar surface area (TPSA) is 57.1 Å². The summed E-state index contributed by atoms with van der Waals surface area (Å²) in [6.45, 7) is 2.48. The van der Waals surface area contributed by atoms with Crippen LogP contribution in [0.5, 0.6) is 11.5 Å². The number of ether oxygens (including phenoxy) is 3. The molecule has 0 spiro atoms. The molecule has 0 radical (unpaired) electrons. The number of halogens is 1. The van der Waals surface area contributed by atoms with Crippen molar-refractivity contribution < 1.29 is 19.0 Å². The Labute approximate surface area is 229 Å². The molecule has 5 nitrogen and oxygen atoms in total. The third kappa shape index (κ3) is 5.75. The van der Waals surface area contributed by atoms with Gasteiger partial charge < -0.3 is 14.2 Å². The predicted molar refractivity (Wildman–Crippen MR) is 154 cm³/mol. The summed E-state index contributed by atoms with van der Waals surface area (Å²) < 4.78 is 18.0. The van der Waals surface area contributed by atoms with Crippen LogP contribution in [0.1, 0.15) is 22.3 Å². The second-order valence-corrected chi connectivity index (χ2v) is 9.75. The highest BCUT2D eigenvalue weighted by Crippen LogP contribution is 2.35. The van der Waals surface area contributed by atoms with Crippen LogP contribution in [-0.4, -0.2) is 19.0 Å². The highest BCUT2D eigenvalue weighted by molar-refractivity contribution is 14.1. The van der Waals surface area contributed by atoms with Crippen molar-refractivity contribution >= 4 is 40.5 Å². The van der Waals surface area contributed by atoms with Gasteiger partial charge in [-0.2, -0.15) is 0 Å². The molecule has 0 N–H and O–H groups in total. The lowest BCUT2D eigenvalue weighted by Crippen LogP contribution is -2.05. The maximum absolute atomic E-state index is 12.6. The van der Waals surface area contributed by atoms with Crippen LogP contribution >= 0.6 is 22.6 Å². The van der Waals surface area contributed by atoms with Gasteiger partial charge >= 0.3 is 5.97 Å². The van der Waals surface area contributed by atoms with Gasteiger partial charge in [-0.15, -0.1) is 0 Å². The second kappa shape index (κ2) is 11.0. The minimum absolute atomic E-state index is 0.230. The Morgan fingerprint density at radius 2 is 1.57 bits per heavy atom. The van der Waals surface area contributed by atoms with Crippen LogP contribution in [0.2, 0.25) is 0 Å². The van der Waals surface area contributed by atoms with E-state index in [0.717, 1.165) is 31.4 Å². The highest BCUT2D eigenvalue weighted by Gasteiger charge is 2.24. The fraction of sp³-hybridized carbons (Fsp3) is 0.0968. The van der Waals surface area contributed by atoms with Crippen molar-refractivity contribution in [3.05, 3.63) is 123 Å². The molecule has 37 heavy (non-hydrogen) atoms. The number of aryl methyl sites for hydroxylation is 1. The summed E-state index contributed by atoms with van der Waals surface area (Å²) in [5.41, 5.74) is 6.21. The normalized spacial score (nSPS) is 13.9. The van der Waals surface area contributed by atoms with Crippen molar-refractivity contribution in [2.75, 3.05) is 7.11 Å². The van der Waals surface area contributed by atoms with E-state index in [4.69, 9.17) is 14.2 Å². The number of carbonyl (C=O) groups excluding carboxylic acids is 1. The minimum atomic E-state index is -0.490. The van der Waals surface area contributed by atoms with Gasteiger partial charge in [0.25, 0.3) is 0 Å². The van der Waals surface area contributed by atoms with Crippen molar-refractivity contribution in [2.45, 2.75) is 13.5 Å². The van der Waals surface area contributed by atoms with Crippen LogP contribution < -0.4 is 9.47 Å². The summed E-state index contributed by atoms with van der Waals surface area (Å²) in [6.07, 6.45) is 1.70. The molecule has 0 bridgehead atoms. The molecule has 4 aromatic rings. The largest absolute Gasteiger partial charge is 0.493 e. The van der Waals surface area contributed by atoms with E-state index in [1.165, 1.54) is 5.56 Å². The van der Waals surface area contributed by atoms with Crippen LogP contribution in [0.3, 0.4) is 0 Å². The molecule has 0 aliphatic carbocycles. The molecule has 1 aliphatic heterocycles. The minimum Gasteiger partial charge on any atom is -0.493 e. The average molecular weight is 601 g/mol. The zero-order valence-electron chi connectivity index (χ0n) is 20.4. The van der Waals surface area contributed by atoms with Crippen molar-refractivity contribution in [1.82, 2.24) is 0 Å². The van der Waals surface area contributed by atoms with Crippen LogP contribution in [0, 0.1) is 10.5 Å². The Bertz CT molecular complexity index is 1490. The van der Waals surface area contributed by atoms with Gasteiger partial charge in [-0.05, 0) is 82.1 Å². The number of hydrogen-bond donors (Lipinski definition) is 0. The van der Waals surface area contributed by atoms with Crippen LogP contribution in [0.4, 0.5) is 0 Å². The Hall–Kier alpha value is -3.91. The molecule has 1 aliphatic rings. The van der Waals surface area contributed by atoms with Gasteiger partial charge in [0.05, 0.1) is 10.7 Å². The summed E-state index contributed by atoms with van der Waals surface area (Å²) in [7, 11) is 1.60. The van der Waals surface area contributed by atoms with E-state index in [2.05, 4.69) is 58.8 Å². The van der Waals surface area contributed by atoms with Gasteiger partial charge in [0, 0.05) is 5.56 Å². The number of carbonyl (C=O) groups is 1. The van der Waals surface area contributed by atoms with E-state index in [0.29, 0.717) is 18.1 Å². The molecule has 0 aromatic heterocycles. The molecular weight excluding hydrogens is 577 g/mol. The van der Waals surface area contributed by atoms with Gasteiger partial charge in [-0.25, -0.2) is 9.79 Å². The zero-order chi connectivity index (χ0) is 25.8. The summed E-state index contributed by atoms with van der Waals surface area (Å²) >= 11 is 2.21. The summed E-state index contributed by atoms with van der Waals surface area (Å²) in [5.74, 6) is 1.03. The first-order chi connectivity index (χ1) is 18.0. The number of benzene rings is 4. The van der Waals surface area contributed by atoms with Crippen molar-refractivity contribution in [3.63, 3.8) is 0 Å². The molecule has 1 heterocycles. The molecule has 0 fully saturated rings.